The lowest BCUT2D eigenvalue weighted by molar-refractivity contribution is 0.0649. The molecule has 1 aromatic carbocycles. The van der Waals surface area contributed by atoms with Gasteiger partial charge in [0.05, 0.1) is 0 Å². The second-order valence-corrected chi connectivity index (χ2v) is 8.51. The van der Waals surface area contributed by atoms with Crippen molar-refractivity contribution in [2.75, 3.05) is 11.3 Å². The van der Waals surface area contributed by atoms with Crippen LogP contribution < -0.4 is 4.72 Å². The molecule has 1 N–H and O–H groups in total. The zero-order valence-electron chi connectivity index (χ0n) is 14.9. The Hall–Kier alpha value is -2.28. The highest BCUT2D eigenvalue weighted by Gasteiger charge is 2.29. The summed E-state index contributed by atoms with van der Waals surface area (Å²) in [5.41, 5.74) is 2.91. The SMILES string of the molecule is Cc1cc(C)cc(NS(=O)(=O)c2cc3n(c2)CCN(C(C)C)C3=O)c1. The van der Waals surface area contributed by atoms with Crippen molar-refractivity contribution in [3.63, 3.8) is 0 Å². The van der Waals surface area contributed by atoms with Crippen LogP contribution in [0.1, 0.15) is 35.5 Å². The van der Waals surface area contributed by atoms with E-state index in [-0.39, 0.29) is 16.8 Å². The Kier molecular flexibility index (Phi) is 4.36. The second kappa shape index (κ2) is 6.22. The molecule has 25 heavy (non-hydrogen) atoms. The largest absolute Gasteiger partial charge is 0.340 e. The van der Waals surface area contributed by atoms with Gasteiger partial charge in [-0.1, -0.05) is 6.07 Å². The number of carbonyl (C=O) groups excluding carboxylic acids is 1. The maximum Gasteiger partial charge on any atom is 0.270 e. The van der Waals surface area contributed by atoms with Crippen LogP contribution in [0, 0.1) is 13.8 Å². The van der Waals surface area contributed by atoms with E-state index in [1.807, 2.05) is 33.8 Å². The fraction of sp³-hybridized carbons (Fsp3) is 0.389. The predicted octanol–water partition coefficient (Wildman–Crippen LogP) is 2.77. The van der Waals surface area contributed by atoms with Crippen LogP contribution in [0.25, 0.3) is 0 Å². The normalized spacial score (nSPS) is 14.8. The number of aromatic nitrogens is 1. The fourth-order valence-electron chi connectivity index (χ4n) is 3.20. The molecule has 0 saturated heterocycles. The number of amides is 1. The van der Waals surface area contributed by atoms with Gasteiger partial charge in [-0.3, -0.25) is 9.52 Å². The number of benzene rings is 1. The third-order valence-corrected chi connectivity index (χ3v) is 5.69. The molecule has 0 bridgehead atoms. The second-order valence-electron chi connectivity index (χ2n) is 6.83. The van der Waals surface area contributed by atoms with Gasteiger partial charge in [-0.05, 0) is 57.0 Å². The van der Waals surface area contributed by atoms with Gasteiger partial charge in [0.15, 0.2) is 0 Å². The number of anilines is 1. The number of nitrogens with one attached hydrogen (secondary N) is 1. The van der Waals surface area contributed by atoms with Crippen molar-refractivity contribution < 1.29 is 13.2 Å². The zero-order chi connectivity index (χ0) is 18.4. The molecule has 134 valence electrons. The van der Waals surface area contributed by atoms with Crippen LogP contribution in [0.3, 0.4) is 0 Å². The molecular formula is C18H23N3O3S. The van der Waals surface area contributed by atoms with E-state index in [0.29, 0.717) is 24.5 Å². The molecule has 1 aliphatic rings. The van der Waals surface area contributed by atoms with Gasteiger partial charge >= 0.3 is 0 Å². The first-order chi connectivity index (χ1) is 11.7. The molecule has 1 aliphatic heterocycles. The molecule has 7 heteroatoms. The number of aryl methyl sites for hydroxylation is 2. The summed E-state index contributed by atoms with van der Waals surface area (Å²) in [6, 6.07) is 7.10. The van der Waals surface area contributed by atoms with Crippen molar-refractivity contribution in [1.82, 2.24) is 9.47 Å². The molecule has 6 nitrogen and oxygen atoms in total. The highest BCUT2D eigenvalue weighted by atomic mass is 32.2. The first kappa shape index (κ1) is 17.5. The lowest BCUT2D eigenvalue weighted by Gasteiger charge is -2.31. The van der Waals surface area contributed by atoms with Crippen molar-refractivity contribution in [2.45, 2.75) is 45.2 Å². The van der Waals surface area contributed by atoms with Crippen LogP contribution in [0.2, 0.25) is 0 Å². The van der Waals surface area contributed by atoms with Crippen molar-refractivity contribution in [3.05, 3.63) is 47.3 Å². The van der Waals surface area contributed by atoms with Gasteiger partial charge in [0.1, 0.15) is 10.6 Å². The van der Waals surface area contributed by atoms with E-state index in [2.05, 4.69) is 4.72 Å². The Labute approximate surface area is 148 Å². The molecule has 1 amide bonds. The topological polar surface area (TPSA) is 71.4 Å². The third kappa shape index (κ3) is 3.42. The molecule has 0 aliphatic carbocycles. The Balaban J connectivity index is 1.92. The maximum atomic E-state index is 12.7. The minimum Gasteiger partial charge on any atom is -0.340 e. The van der Waals surface area contributed by atoms with E-state index in [1.165, 1.54) is 12.3 Å². The Morgan fingerprint density at radius 1 is 1.04 bits per heavy atom. The van der Waals surface area contributed by atoms with Crippen LogP contribution in [0.15, 0.2) is 35.4 Å². The zero-order valence-corrected chi connectivity index (χ0v) is 15.7. The average molecular weight is 361 g/mol. The molecule has 0 radical (unpaired) electrons. The highest BCUT2D eigenvalue weighted by molar-refractivity contribution is 7.92. The number of nitrogens with zero attached hydrogens (tertiary/aromatic N) is 2. The van der Waals surface area contributed by atoms with E-state index in [9.17, 15) is 13.2 Å². The summed E-state index contributed by atoms with van der Waals surface area (Å²) in [6.45, 7) is 8.92. The summed E-state index contributed by atoms with van der Waals surface area (Å²) in [6.07, 6.45) is 1.54. The van der Waals surface area contributed by atoms with Gasteiger partial charge in [-0.15, -0.1) is 0 Å². The quantitative estimate of drug-likeness (QED) is 0.910. The molecule has 0 atom stereocenters. The number of carbonyl (C=O) groups is 1. The summed E-state index contributed by atoms with van der Waals surface area (Å²) in [5, 5.41) is 0. The minimum absolute atomic E-state index is 0.0876. The standard InChI is InChI=1S/C18H23N3O3S/c1-12(2)21-6-5-20-11-16(10-17(20)18(21)22)25(23,24)19-15-8-13(3)7-14(4)9-15/h7-12,19H,5-6H2,1-4H3. The monoisotopic (exact) mass is 361 g/mol. The summed E-state index contributed by atoms with van der Waals surface area (Å²) in [4.78, 5) is 14.4. The summed E-state index contributed by atoms with van der Waals surface area (Å²) in [7, 11) is -3.74. The number of fused-ring (bicyclic) bond motifs is 1. The van der Waals surface area contributed by atoms with Crippen LogP contribution in [0.5, 0.6) is 0 Å². The van der Waals surface area contributed by atoms with Gasteiger partial charge in [-0.2, -0.15) is 0 Å². The molecule has 2 heterocycles. The van der Waals surface area contributed by atoms with Gasteiger partial charge < -0.3 is 9.47 Å². The lowest BCUT2D eigenvalue weighted by Crippen LogP contribution is -2.43. The van der Waals surface area contributed by atoms with Gasteiger partial charge in [0, 0.05) is 31.0 Å². The van der Waals surface area contributed by atoms with E-state index >= 15 is 0 Å². The van der Waals surface area contributed by atoms with Gasteiger partial charge in [-0.25, -0.2) is 8.42 Å². The summed E-state index contributed by atoms with van der Waals surface area (Å²) >= 11 is 0. The van der Waals surface area contributed by atoms with E-state index < -0.39 is 10.0 Å². The molecule has 0 unspecified atom stereocenters. The Bertz CT molecular complexity index is 909. The van der Waals surface area contributed by atoms with Crippen molar-refractivity contribution in [3.8, 4) is 0 Å². The molecule has 0 saturated carbocycles. The van der Waals surface area contributed by atoms with E-state index in [1.54, 1.807) is 21.6 Å². The first-order valence-corrected chi connectivity index (χ1v) is 9.78. The van der Waals surface area contributed by atoms with Crippen molar-refractivity contribution in [2.24, 2.45) is 0 Å². The maximum absolute atomic E-state index is 12.7. The molecule has 0 fully saturated rings. The fourth-order valence-corrected chi connectivity index (χ4v) is 4.28. The predicted molar refractivity (Wildman–Crippen MR) is 97.3 cm³/mol. The molecule has 1 aromatic heterocycles. The Morgan fingerprint density at radius 2 is 1.68 bits per heavy atom. The number of hydrogen-bond acceptors (Lipinski definition) is 3. The van der Waals surface area contributed by atoms with Crippen molar-refractivity contribution >= 4 is 21.6 Å². The first-order valence-electron chi connectivity index (χ1n) is 8.29. The van der Waals surface area contributed by atoms with E-state index in [0.717, 1.165) is 11.1 Å². The van der Waals surface area contributed by atoms with Crippen LogP contribution >= 0.6 is 0 Å². The smallest absolute Gasteiger partial charge is 0.270 e. The Morgan fingerprint density at radius 3 is 2.28 bits per heavy atom. The molecule has 2 aromatic rings. The minimum atomic E-state index is -3.74. The number of rotatable bonds is 4. The average Bonchev–Trinajstić information content (AvgIpc) is 2.91. The number of sulfonamides is 1. The van der Waals surface area contributed by atoms with Gasteiger partial charge in [0.25, 0.3) is 15.9 Å². The summed E-state index contributed by atoms with van der Waals surface area (Å²) in [5.74, 6) is -0.130. The van der Waals surface area contributed by atoms with Crippen LogP contribution in [0.4, 0.5) is 5.69 Å². The van der Waals surface area contributed by atoms with Gasteiger partial charge in [0.2, 0.25) is 0 Å². The van der Waals surface area contributed by atoms with Crippen LogP contribution in [-0.4, -0.2) is 36.4 Å². The third-order valence-electron chi connectivity index (χ3n) is 4.34. The van der Waals surface area contributed by atoms with E-state index in [4.69, 9.17) is 0 Å². The van der Waals surface area contributed by atoms with Crippen LogP contribution in [-0.2, 0) is 16.6 Å². The van der Waals surface area contributed by atoms with Crippen molar-refractivity contribution in [1.29, 1.82) is 0 Å². The molecular weight excluding hydrogens is 338 g/mol. The number of hydrogen-bond donors (Lipinski definition) is 1. The molecule has 0 spiro atoms. The highest BCUT2D eigenvalue weighted by Crippen LogP contribution is 2.24. The molecule has 3 rings (SSSR count). The summed E-state index contributed by atoms with van der Waals surface area (Å²) < 4.78 is 29.8. The lowest BCUT2D eigenvalue weighted by atomic mass is 10.1.